The average Bonchev–Trinajstić information content (AvgIpc) is 3.02. The number of aromatic nitrogens is 3. The summed E-state index contributed by atoms with van der Waals surface area (Å²) >= 11 is 0. The number of aliphatic imine (C=N–C) groups is 1. The zero-order chi connectivity index (χ0) is 18.1. The van der Waals surface area contributed by atoms with E-state index >= 15 is 0 Å². The third-order valence-corrected chi connectivity index (χ3v) is 3.64. The van der Waals surface area contributed by atoms with Crippen LogP contribution in [0.15, 0.2) is 41.7 Å². The van der Waals surface area contributed by atoms with Crippen molar-refractivity contribution < 1.29 is 4.79 Å². The number of aryl methyl sites for hydroxylation is 1. The molecule has 0 atom stereocenters. The highest BCUT2D eigenvalue weighted by molar-refractivity contribution is 14.0. The van der Waals surface area contributed by atoms with Crippen molar-refractivity contribution in [1.82, 2.24) is 30.3 Å². The van der Waals surface area contributed by atoms with E-state index in [-0.39, 0.29) is 36.4 Å². The molecule has 0 saturated heterocycles. The number of hydrogen-bond donors (Lipinski definition) is 2. The minimum absolute atomic E-state index is 0. The van der Waals surface area contributed by atoms with Gasteiger partial charge in [-0.25, -0.2) is 9.98 Å². The predicted octanol–water partition coefficient (Wildman–Crippen LogP) is 0.799. The normalized spacial score (nSPS) is 10.8. The number of carbonyl (C=O) groups is 1. The summed E-state index contributed by atoms with van der Waals surface area (Å²) in [6.07, 6.45) is 2.36. The first-order valence-electron chi connectivity index (χ1n) is 8.15. The van der Waals surface area contributed by atoms with Crippen LogP contribution in [0.2, 0.25) is 0 Å². The highest BCUT2D eigenvalue weighted by Gasteiger charge is 2.07. The predicted molar refractivity (Wildman–Crippen MR) is 112 cm³/mol. The molecule has 0 bridgehead atoms. The summed E-state index contributed by atoms with van der Waals surface area (Å²) in [6.45, 7) is 1.28. The van der Waals surface area contributed by atoms with E-state index in [4.69, 9.17) is 0 Å². The van der Waals surface area contributed by atoms with Gasteiger partial charge in [0.25, 0.3) is 0 Å². The first-order valence-corrected chi connectivity index (χ1v) is 8.15. The molecule has 0 fully saturated rings. The number of rotatable bonds is 7. The molecule has 8 nitrogen and oxygen atoms in total. The van der Waals surface area contributed by atoms with Crippen molar-refractivity contribution in [3.05, 3.63) is 48.0 Å². The van der Waals surface area contributed by atoms with Gasteiger partial charge in [0.1, 0.15) is 18.7 Å². The molecular weight excluding hydrogens is 445 g/mol. The molecule has 26 heavy (non-hydrogen) atoms. The summed E-state index contributed by atoms with van der Waals surface area (Å²) in [5.74, 6) is 1.31. The fraction of sp³-hybridized carbons (Fsp3) is 0.412. The van der Waals surface area contributed by atoms with Gasteiger partial charge in [-0.2, -0.15) is 5.10 Å². The molecule has 1 aromatic heterocycles. The molecule has 2 N–H and O–H groups in total. The maximum absolute atomic E-state index is 11.8. The number of nitrogens with zero attached hydrogens (tertiary/aromatic N) is 5. The quantitative estimate of drug-likeness (QED) is 0.355. The molecule has 2 rings (SSSR count). The third kappa shape index (κ3) is 7.38. The van der Waals surface area contributed by atoms with Gasteiger partial charge in [0.05, 0.1) is 6.54 Å². The second-order valence-corrected chi connectivity index (χ2v) is 5.77. The lowest BCUT2D eigenvalue weighted by molar-refractivity contribution is -0.127. The van der Waals surface area contributed by atoms with Crippen molar-refractivity contribution in [1.29, 1.82) is 0 Å². The van der Waals surface area contributed by atoms with Crippen molar-refractivity contribution in [2.75, 3.05) is 27.2 Å². The zero-order valence-corrected chi connectivity index (χ0v) is 17.7. The Morgan fingerprint density at radius 2 is 1.96 bits per heavy atom. The van der Waals surface area contributed by atoms with Crippen LogP contribution in [0.4, 0.5) is 0 Å². The molecule has 1 amide bonds. The van der Waals surface area contributed by atoms with E-state index < -0.39 is 0 Å². The summed E-state index contributed by atoms with van der Waals surface area (Å²) in [4.78, 5) is 22.0. The zero-order valence-electron chi connectivity index (χ0n) is 15.3. The summed E-state index contributed by atoms with van der Waals surface area (Å²) in [7, 11) is 5.27. The van der Waals surface area contributed by atoms with Crippen LogP contribution in [0.5, 0.6) is 0 Å². The summed E-state index contributed by atoms with van der Waals surface area (Å²) in [6, 6.07) is 10.2. The van der Waals surface area contributed by atoms with Gasteiger partial charge in [-0.05, 0) is 12.0 Å². The van der Waals surface area contributed by atoms with Crippen LogP contribution in [-0.2, 0) is 24.8 Å². The van der Waals surface area contributed by atoms with Crippen LogP contribution in [0.1, 0.15) is 11.4 Å². The van der Waals surface area contributed by atoms with Crippen molar-refractivity contribution in [3.8, 4) is 0 Å². The Bertz CT molecular complexity index is 700. The number of amides is 1. The lowest BCUT2D eigenvalue weighted by atomic mass is 10.1. The first-order chi connectivity index (χ1) is 12.1. The van der Waals surface area contributed by atoms with E-state index in [2.05, 4.69) is 37.8 Å². The van der Waals surface area contributed by atoms with Crippen LogP contribution >= 0.6 is 24.0 Å². The van der Waals surface area contributed by atoms with Crippen LogP contribution in [0.25, 0.3) is 0 Å². The van der Waals surface area contributed by atoms with E-state index in [9.17, 15) is 4.79 Å². The summed E-state index contributed by atoms with van der Waals surface area (Å²) in [5, 5.41) is 10.3. The van der Waals surface area contributed by atoms with Gasteiger partial charge in [0.2, 0.25) is 5.91 Å². The largest absolute Gasteiger partial charge is 0.356 e. The van der Waals surface area contributed by atoms with Gasteiger partial charge < -0.3 is 15.5 Å². The van der Waals surface area contributed by atoms with E-state index in [1.54, 1.807) is 18.8 Å². The molecule has 2 aromatic rings. The van der Waals surface area contributed by atoms with Gasteiger partial charge in [0.15, 0.2) is 5.96 Å². The van der Waals surface area contributed by atoms with Crippen LogP contribution in [0.3, 0.4) is 0 Å². The fourth-order valence-corrected chi connectivity index (χ4v) is 2.07. The smallest absolute Gasteiger partial charge is 0.241 e. The minimum atomic E-state index is -0.0174. The van der Waals surface area contributed by atoms with E-state index in [1.807, 2.05) is 25.2 Å². The van der Waals surface area contributed by atoms with Gasteiger partial charge >= 0.3 is 0 Å². The molecule has 0 aliphatic rings. The van der Waals surface area contributed by atoms with Crippen LogP contribution in [-0.4, -0.2) is 58.7 Å². The van der Waals surface area contributed by atoms with Crippen molar-refractivity contribution in [2.45, 2.75) is 13.0 Å². The molecule has 0 radical (unpaired) electrons. The standard InChI is InChI=1S/C17H25N7O.HI/c1-23(2)16(25)12-20-17(19-11-15-21-13-22-24(15)3)18-10-9-14-7-5-4-6-8-14;/h4-8,13H,9-12H2,1-3H3,(H2,18,19,20);1H. The maximum atomic E-state index is 11.8. The Hall–Kier alpha value is -2.17. The number of nitrogens with one attached hydrogen (secondary N) is 2. The number of guanidine groups is 1. The summed E-state index contributed by atoms with van der Waals surface area (Å²) < 4.78 is 1.68. The van der Waals surface area contributed by atoms with Crippen molar-refractivity contribution in [3.63, 3.8) is 0 Å². The average molecular weight is 471 g/mol. The molecular formula is C17H26IN7O. The molecule has 0 unspecified atom stereocenters. The monoisotopic (exact) mass is 471 g/mol. The summed E-state index contributed by atoms with van der Waals surface area (Å²) in [5.41, 5.74) is 1.24. The molecule has 9 heteroatoms. The fourth-order valence-electron chi connectivity index (χ4n) is 2.07. The van der Waals surface area contributed by atoms with Crippen LogP contribution in [0, 0.1) is 0 Å². The Labute approximate surface area is 171 Å². The Morgan fingerprint density at radius 3 is 2.58 bits per heavy atom. The number of likely N-dealkylation sites (N-methyl/N-ethyl adjacent to an activating group) is 1. The number of hydrogen-bond acceptors (Lipinski definition) is 4. The van der Waals surface area contributed by atoms with Gasteiger partial charge in [-0.15, -0.1) is 24.0 Å². The molecule has 142 valence electrons. The molecule has 0 spiro atoms. The van der Waals surface area contributed by atoms with E-state index in [0.717, 1.165) is 12.2 Å². The third-order valence-electron chi connectivity index (χ3n) is 3.64. The van der Waals surface area contributed by atoms with E-state index in [0.29, 0.717) is 19.0 Å². The Kier molecular flexibility index (Phi) is 9.63. The Balaban J connectivity index is 0.00000338. The van der Waals surface area contributed by atoms with Crippen molar-refractivity contribution in [2.24, 2.45) is 12.0 Å². The minimum Gasteiger partial charge on any atom is -0.356 e. The number of carbonyl (C=O) groups excluding carboxylic acids is 1. The molecule has 1 aromatic carbocycles. The number of benzene rings is 1. The molecule has 1 heterocycles. The SMILES string of the molecule is CN(C)C(=O)CNC(=NCc1ncnn1C)NCCc1ccccc1.I. The molecule has 0 aliphatic carbocycles. The second kappa shape index (κ2) is 11.4. The molecule has 0 saturated carbocycles. The number of halogens is 1. The van der Waals surface area contributed by atoms with E-state index in [1.165, 1.54) is 16.8 Å². The van der Waals surface area contributed by atoms with Crippen molar-refractivity contribution >= 4 is 35.8 Å². The van der Waals surface area contributed by atoms with Gasteiger partial charge in [-0.1, -0.05) is 30.3 Å². The first kappa shape index (κ1) is 21.9. The van der Waals surface area contributed by atoms with Crippen LogP contribution < -0.4 is 10.6 Å². The highest BCUT2D eigenvalue weighted by atomic mass is 127. The van der Waals surface area contributed by atoms with Gasteiger partial charge in [0, 0.05) is 27.7 Å². The van der Waals surface area contributed by atoms with Gasteiger partial charge in [-0.3, -0.25) is 9.48 Å². The topological polar surface area (TPSA) is 87.4 Å². The highest BCUT2D eigenvalue weighted by Crippen LogP contribution is 1.98. The lowest BCUT2D eigenvalue weighted by Crippen LogP contribution is -2.43. The Morgan fingerprint density at radius 1 is 1.23 bits per heavy atom. The molecule has 0 aliphatic heterocycles. The second-order valence-electron chi connectivity index (χ2n) is 5.77. The lowest BCUT2D eigenvalue weighted by Gasteiger charge is -2.15. The maximum Gasteiger partial charge on any atom is 0.241 e.